The second-order valence-electron chi connectivity index (χ2n) is 5.25. The fraction of sp³-hybridized carbons (Fsp3) is 0.0556. The van der Waals surface area contributed by atoms with E-state index in [-0.39, 0.29) is 5.91 Å². The first-order valence-electron chi connectivity index (χ1n) is 7.19. The molecule has 1 aromatic carbocycles. The summed E-state index contributed by atoms with van der Waals surface area (Å²) in [6, 6.07) is 11.7. The van der Waals surface area contributed by atoms with Gasteiger partial charge < -0.3 is 4.90 Å². The van der Waals surface area contributed by atoms with Crippen LogP contribution >= 0.6 is 11.3 Å². The molecule has 0 saturated carbocycles. The summed E-state index contributed by atoms with van der Waals surface area (Å²) in [5.41, 5.74) is 3.61. The zero-order valence-corrected chi connectivity index (χ0v) is 13.2. The number of thiazole rings is 1. The van der Waals surface area contributed by atoms with Crippen LogP contribution in [-0.2, 0) is 4.79 Å². The van der Waals surface area contributed by atoms with Gasteiger partial charge in [-0.15, -0.1) is 11.3 Å². The van der Waals surface area contributed by atoms with Crippen molar-refractivity contribution < 1.29 is 4.79 Å². The quantitative estimate of drug-likeness (QED) is 0.676. The van der Waals surface area contributed by atoms with E-state index in [9.17, 15) is 4.79 Å². The highest BCUT2D eigenvalue weighted by atomic mass is 32.1. The van der Waals surface area contributed by atoms with Gasteiger partial charge in [0.05, 0.1) is 11.3 Å². The number of rotatable bonds is 2. The van der Waals surface area contributed by atoms with Crippen molar-refractivity contribution >= 4 is 34.6 Å². The molecule has 2 aromatic heterocycles. The van der Waals surface area contributed by atoms with E-state index in [1.807, 2.05) is 42.5 Å². The first kappa shape index (κ1) is 13.8. The number of para-hydroxylation sites is 1. The van der Waals surface area contributed by atoms with Gasteiger partial charge in [-0.05, 0) is 24.3 Å². The standard InChI is InChI=1S/C18H13N3OS/c1-21-16-7-3-2-6-14(16)15(18(21)22)9-13-11-20-17(23-13)12-5-4-8-19-10-12/h2-11H,1H3/b15-9-. The molecule has 23 heavy (non-hydrogen) atoms. The Morgan fingerprint density at radius 3 is 2.83 bits per heavy atom. The van der Waals surface area contributed by atoms with Gasteiger partial charge in [0.15, 0.2) is 0 Å². The van der Waals surface area contributed by atoms with E-state index in [0.717, 1.165) is 26.7 Å². The highest BCUT2D eigenvalue weighted by molar-refractivity contribution is 7.16. The third-order valence-electron chi connectivity index (χ3n) is 3.81. The molecule has 0 N–H and O–H groups in total. The van der Waals surface area contributed by atoms with Crippen LogP contribution in [0.4, 0.5) is 5.69 Å². The van der Waals surface area contributed by atoms with Crippen LogP contribution in [0.1, 0.15) is 10.4 Å². The Kier molecular flexibility index (Phi) is 3.28. The van der Waals surface area contributed by atoms with Crippen LogP contribution in [0, 0.1) is 0 Å². The van der Waals surface area contributed by atoms with Crippen molar-refractivity contribution in [3.8, 4) is 10.6 Å². The minimum Gasteiger partial charge on any atom is -0.311 e. The van der Waals surface area contributed by atoms with Gasteiger partial charge in [0.1, 0.15) is 5.01 Å². The van der Waals surface area contributed by atoms with Crippen LogP contribution in [0.5, 0.6) is 0 Å². The van der Waals surface area contributed by atoms with E-state index < -0.39 is 0 Å². The van der Waals surface area contributed by atoms with Gasteiger partial charge in [0.25, 0.3) is 5.91 Å². The van der Waals surface area contributed by atoms with Gasteiger partial charge in [0.2, 0.25) is 0 Å². The van der Waals surface area contributed by atoms with Gasteiger partial charge in [-0.1, -0.05) is 18.2 Å². The molecule has 0 radical (unpaired) electrons. The maximum absolute atomic E-state index is 12.5. The van der Waals surface area contributed by atoms with Crippen molar-refractivity contribution in [3.63, 3.8) is 0 Å². The summed E-state index contributed by atoms with van der Waals surface area (Å²) in [6.07, 6.45) is 7.25. The second-order valence-corrected chi connectivity index (χ2v) is 6.31. The Hall–Kier alpha value is -2.79. The summed E-state index contributed by atoms with van der Waals surface area (Å²) in [7, 11) is 1.80. The van der Waals surface area contributed by atoms with Crippen molar-refractivity contribution in [2.75, 3.05) is 11.9 Å². The molecule has 4 rings (SSSR count). The van der Waals surface area contributed by atoms with Gasteiger partial charge in [0, 0.05) is 41.6 Å². The van der Waals surface area contributed by atoms with Crippen molar-refractivity contribution in [2.24, 2.45) is 0 Å². The summed E-state index contributed by atoms with van der Waals surface area (Å²) in [4.78, 5) is 23.7. The number of fused-ring (bicyclic) bond motifs is 1. The van der Waals surface area contributed by atoms with Gasteiger partial charge >= 0.3 is 0 Å². The topological polar surface area (TPSA) is 46.1 Å². The van der Waals surface area contributed by atoms with Crippen molar-refractivity contribution in [3.05, 3.63) is 65.4 Å². The van der Waals surface area contributed by atoms with Crippen LogP contribution < -0.4 is 4.90 Å². The number of anilines is 1. The molecular weight excluding hydrogens is 306 g/mol. The number of amides is 1. The Bertz CT molecular complexity index is 915. The normalized spacial score (nSPS) is 15.3. The van der Waals surface area contributed by atoms with Gasteiger partial charge in [-0.3, -0.25) is 9.78 Å². The zero-order valence-electron chi connectivity index (χ0n) is 12.4. The molecule has 0 aliphatic carbocycles. The summed E-state index contributed by atoms with van der Waals surface area (Å²) in [6.45, 7) is 0. The Morgan fingerprint density at radius 2 is 2.00 bits per heavy atom. The molecule has 0 saturated heterocycles. The molecule has 0 bridgehead atoms. The summed E-state index contributed by atoms with van der Waals surface area (Å²) >= 11 is 1.55. The summed E-state index contributed by atoms with van der Waals surface area (Å²) in [5.74, 6) is 0.0162. The molecule has 1 aliphatic heterocycles. The van der Waals surface area contributed by atoms with E-state index in [4.69, 9.17) is 0 Å². The molecule has 0 unspecified atom stereocenters. The Labute approximate surface area is 137 Å². The summed E-state index contributed by atoms with van der Waals surface area (Å²) in [5, 5.41) is 0.900. The van der Waals surface area contributed by atoms with Crippen molar-refractivity contribution in [2.45, 2.75) is 0 Å². The van der Waals surface area contributed by atoms with E-state index in [1.165, 1.54) is 0 Å². The molecule has 1 amide bonds. The molecule has 0 spiro atoms. The molecular formula is C18H13N3OS. The van der Waals surface area contributed by atoms with Crippen LogP contribution in [0.2, 0.25) is 0 Å². The lowest BCUT2D eigenvalue weighted by atomic mass is 10.1. The van der Waals surface area contributed by atoms with Crippen molar-refractivity contribution in [1.82, 2.24) is 9.97 Å². The number of aromatic nitrogens is 2. The number of hydrogen-bond donors (Lipinski definition) is 0. The molecule has 3 heterocycles. The van der Waals surface area contributed by atoms with Gasteiger partial charge in [-0.2, -0.15) is 0 Å². The Morgan fingerprint density at radius 1 is 1.13 bits per heavy atom. The molecule has 5 heteroatoms. The second kappa shape index (κ2) is 5.44. The lowest BCUT2D eigenvalue weighted by molar-refractivity contribution is -0.112. The molecule has 1 aliphatic rings. The van der Waals surface area contributed by atoms with Gasteiger partial charge in [-0.25, -0.2) is 4.98 Å². The average molecular weight is 319 g/mol. The van der Waals surface area contributed by atoms with E-state index in [2.05, 4.69) is 9.97 Å². The predicted molar refractivity (Wildman–Crippen MR) is 93.1 cm³/mol. The van der Waals surface area contributed by atoms with Crippen LogP contribution in [0.15, 0.2) is 55.0 Å². The monoisotopic (exact) mass is 319 g/mol. The van der Waals surface area contributed by atoms with E-state index in [0.29, 0.717) is 5.57 Å². The lowest BCUT2D eigenvalue weighted by Crippen LogP contribution is -2.20. The number of likely N-dealkylation sites (N-methyl/N-ethyl adjacent to an activating group) is 1. The highest BCUT2D eigenvalue weighted by Gasteiger charge is 2.29. The molecule has 4 nitrogen and oxygen atoms in total. The Balaban J connectivity index is 1.74. The zero-order chi connectivity index (χ0) is 15.8. The summed E-state index contributed by atoms with van der Waals surface area (Å²) < 4.78 is 0. The molecule has 0 atom stereocenters. The first-order valence-corrected chi connectivity index (χ1v) is 8.01. The molecule has 112 valence electrons. The third kappa shape index (κ3) is 2.35. The fourth-order valence-corrected chi connectivity index (χ4v) is 3.51. The minimum atomic E-state index is 0.0162. The smallest absolute Gasteiger partial charge is 0.258 e. The minimum absolute atomic E-state index is 0.0162. The SMILES string of the molecule is CN1C(=O)/C(=C\c2cnc(-c3cccnc3)s2)c2ccccc21. The number of carbonyl (C=O) groups excluding carboxylic acids is 1. The highest BCUT2D eigenvalue weighted by Crippen LogP contribution is 2.37. The number of hydrogen-bond acceptors (Lipinski definition) is 4. The average Bonchev–Trinajstić information content (AvgIpc) is 3.16. The molecule has 0 fully saturated rings. The fourth-order valence-electron chi connectivity index (χ4n) is 2.66. The number of carbonyl (C=O) groups is 1. The maximum Gasteiger partial charge on any atom is 0.258 e. The first-order chi connectivity index (χ1) is 11.2. The largest absolute Gasteiger partial charge is 0.311 e. The van der Waals surface area contributed by atoms with Crippen LogP contribution in [0.3, 0.4) is 0 Å². The van der Waals surface area contributed by atoms with E-state index in [1.54, 1.807) is 41.9 Å². The van der Waals surface area contributed by atoms with E-state index >= 15 is 0 Å². The van der Waals surface area contributed by atoms with Crippen LogP contribution in [0.25, 0.3) is 22.2 Å². The number of pyridine rings is 1. The predicted octanol–water partition coefficient (Wildman–Crippen LogP) is 3.72. The maximum atomic E-state index is 12.5. The van der Waals surface area contributed by atoms with Crippen molar-refractivity contribution in [1.29, 1.82) is 0 Å². The lowest BCUT2D eigenvalue weighted by Gasteiger charge is -2.07. The molecule has 3 aromatic rings. The third-order valence-corrected chi connectivity index (χ3v) is 4.80. The van der Waals surface area contributed by atoms with Crippen LogP contribution in [-0.4, -0.2) is 22.9 Å². The number of benzene rings is 1. The number of nitrogens with zero attached hydrogens (tertiary/aromatic N) is 3.